The molecule has 0 aliphatic carbocycles. The zero-order valence-corrected chi connectivity index (χ0v) is 17.9. The molecule has 1 aromatic heterocycles. The van der Waals surface area contributed by atoms with E-state index in [1.807, 2.05) is 6.92 Å². The highest BCUT2D eigenvalue weighted by Crippen LogP contribution is 2.20. The van der Waals surface area contributed by atoms with Crippen molar-refractivity contribution in [2.75, 3.05) is 6.61 Å². The fourth-order valence-electron chi connectivity index (χ4n) is 2.68. The molecular formula is C20H20ClFN4O3S. The molecule has 2 aromatic carbocycles. The van der Waals surface area contributed by atoms with Gasteiger partial charge >= 0.3 is 0 Å². The number of hydrogen-bond donors (Lipinski definition) is 1. The van der Waals surface area contributed by atoms with Crippen molar-refractivity contribution in [2.45, 2.75) is 25.3 Å². The van der Waals surface area contributed by atoms with Gasteiger partial charge in [-0.2, -0.15) is 18.6 Å². The number of hydrogen-bond acceptors (Lipinski definition) is 5. The van der Waals surface area contributed by atoms with Crippen molar-refractivity contribution < 1.29 is 17.5 Å². The van der Waals surface area contributed by atoms with Crippen LogP contribution in [0.3, 0.4) is 0 Å². The molecule has 0 saturated heterocycles. The first-order chi connectivity index (χ1) is 14.3. The van der Waals surface area contributed by atoms with Crippen LogP contribution in [0, 0.1) is 12.7 Å². The maximum absolute atomic E-state index is 13.1. The van der Waals surface area contributed by atoms with E-state index in [0.717, 1.165) is 5.56 Å². The van der Waals surface area contributed by atoms with Gasteiger partial charge in [0.1, 0.15) is 16.7 Å². The Balaban J connectivity index is 1.72. The molecule has 0 fully saturated rings. The van der Waals surface area contributed by atoms with Crippen LogP contribution in [0.5, 0.6) is 5.75 Å². The van der Waals surface area contributed by atoms with E-state index in [1.54, 1.807) is 31.2 Å². The monoisotopic (exact) mass is 450 g/mol. The fourth-order valence-corrected chi connectivity index (χ4v) is 3.75. The second-order valence-electron chi connectivity index (χ2n) is 6.33. The lowest BCUT2D eigenvalue weighted by molar-refractivity contribution is 0.340. The number of nitrogens with one attached hydrogen (secondary N) is 1. The minimum absolute atomic E-state index is 0.0536. The average molecular weight is 451 g/mol. The molecule has 30 heavy (non-hydrogen) atoms. The SMILES string of the molecule is CCOc1ccc(S(=O)(=O)NN=Cc2c(C)nn(Cc3ccc(F)cc3)c2Cl)cc1. The summed E-state index contributed by atoms with van der Waals surface area (Å²) in [6.07, 6.45) is 1.30. The third-order valence-corrected chi connectivity index (χ3v) is 5.80. The molecule has 0 aliphatic rings. The molecule has 1 heterocycles. The lowest BCUT2D eigenvalue weighted by Gasteiger charge is -2.06. The first-order valence-electron chi connectivity index (χ1n) is 9.05. The number of ether oxygens (including phenoxy) is 1. The van der Waals surface area contributed by atoms with E-state index in [-0.39, 0.29) is 10.7 Å². The quantitative estimate of drug-likeness (QED) is 0.418. The van der Waals surface area contributed by atoms with Gasteiger partial charge in [-0.1, -0.05) is 23.7 Å². The molecule has 0 aliphatic heterocycles. The van der Waals surface area contributed by atoms with Gasteiger partial charge in [0.15, 0.2) is 0 Å². The van der Waals surface area contributed by atoms with Crippen LogP contribution in [0.15, 0.2) is 58.5 Å². The number of nitrogens with zero attached hydrogens (tertiary/aromatic N) is 3. The van der Waals surface area contributed by atoms with Gasteiger partial charge in [0.25, 0.3) is 10.0 Å². The number of aryl methyl sites for hydroxylation is 1. The van der Waals surface area contributed by atoms with Crippen LogP contribution < -0.4 is 9.57 Å². The van der Waals surface area contributed by atoms with Gasteiger partial charge in [-0.25, -0.2) is 13.9 Å². The smallest absolute Gasteiger partial charge is 0.276 e. The van der Waals surface area contributed by atoms with Gasteiger partial charge in [0.2, 0.25) is 0 Å². The Hall–Kier alpha value is -2.91. The normalized spacial score (nSPS) is 11.7. The second kappa shape index (κ2) is 9.27. The van der Waals surface area contributed by atoms with E-state index in [9.17, 15) is 12.8 Å². The van der Waals surface area contributed by atoms with Crippen LogP contribution >= 0.6 is 11.6 Å². The van der Waals surface area contributed by atoms with Gasteiger partial charge in [-0.3, -0.25) is 0 Å². The van der Waals surface area contributed by atoms with E-state index in [0.29, 0.717) is 35.3 Å². The Bertz CT molecular complexity index is 1140. The van der Waals surface area contributed by atoms with E-state index >= 15 is 0 Å². The maximum atomic E-state index is 13.1. The second-order valence-corrected chi connectivity index (χ2v) is 8.35. The van der Waals surface area contributed by atoms with E-state index in [1.165, 1.54) is 35.2 Å². The van der Waals surface area contributed by atoms with Crippen LogP contribution in [0.2, 0.25) is 5.15 Å². The molecule has 0 spiro atoms. The highest BCUT2D eigenvalue weighted by atomic mass is 35.5. The van der Waals surface area contributed by atoms with Gasteiger partial charge in [-0.15, -0.1) is 0 Å². The molecule has 3 rings (SSSR count). The topological polar surface area (TPSA) is 85.6 Å². The van der Waals surface area contributed by atoms with Crippen LogP contribution in [0.1, 0.15) is 23.7 Å². The summed E-state index contributed by atoms with van der Waals surface area (Å²) < 4.78 is 44.7. The Morgan fingerprint density at radius 3 is 2.50 bits per heavy atom. The van der Waals surface area contributed by atoms with Crippen molar-refractivity contribution in [1.82, 2.24) is 14.6 Å². The summed E-state index contributed by atoms with van der Waals surface area (Å²) in [5, 5.41) is 8.45. The molecule has 7 nitrogen and oxygen atoms in total. The summed E-state index contributed by atoms with van der Waals surface area (Å²) in [5.74, 6) is 0.255. The number of aromatic nitrogens is 2. The third kappa shape index (κ3) is 5.17. The molecule has 10 heteroatoms. The maximum Gasteiger partial charge on any atom is 0.276 e. The molecule has 3 aromatic rings. The number of hydrazone groups is 1. The highest BCUT2D eigenvalue weighted by molar-refractivity contribution is 7.89. The Morgan fingerprint density at radius 2 is 1.87 bits per heavy atom. The van der Waals surface area contributed by atoms with Crippen LogP contribution in [-0.2, 0) is 16.6 Å². The summed E-state index contributed by atoms with van der Waals surface area (Å²) in [7, 11) is -3.84. The summed E-state index contributed by atoms with van der Waals surface area (Å²) in [5.41, 5.74) is 1.87. The van der Waals surface area contributed by atoms with Crippen molar-refractivity contribution in [3.05, 3.63) is 76.3 Å². The van der Waals surface area contributed by atoms with E-state index in [2.05, 4.69) is 15.0 Å². The Labute approximate surface area is 179 Å². The molecule has 0 bridgehead atoms. The van der Waals surface area contributed by atoms with Gasteiger partial charge in [0.05, 0.1) is 35.5 Å². The molecule has 0 radical (unpaired) electrons. The Morgan fingerprint density at radius 1 is 1.20 bits per heavy atom. The van der Waals surface area contributed by atoms with Crippen LogP contribution in [0.4, 0.5) is 4.39 Å². The van der Waals surface area contributed by atoms with Crippen molar-refractivity contribution in [3.8, 4) is 5.75 Å². The number of halogens is 2. The lowest BCUT2D eigenvalue weighted by Crippen LogP contribution is -2.18. The number of rotatable bonds is 8. The summed E-state index contributed by atoms with van der Waals surface area (Å²) in [4.78, 5) is 2.21. The van der Waals surface area contributed by atoms with Crippen molar-refractivity contribution >= 4 is 27.8 Å². The zero-order chi connectivity index (χ0) is 21.7. The largest absolute Gasteiger partial charge is 0.494 e. The minimum atomic E-state index is -3.84. The molecule has 0 saturated carbocycles. The molecule has 0 amide bonds. The summed E-state index contributed by atoms with van der Waals surface area (Å²) in [6, 6.07) is 12.0. The number of sulfonamides is 1. The van der Waals surface area contributed by atoms with Crippen molar-refractivity contribution in [2.24, 2.45) is 5.10 Å². The minimum Gasteiger partial charge on any atom is -0.494 e. The highest BCUT2D eigenvalue weighted by Gasteiger charge is 2.15. The van der Waals surface area contributed by atoms with Gasteiger partial charge in [-0.05, 0) is 55.8 Å². The molecular weight excluding hydrogens is 431 g/mol. The summed E-state index contributed by atoms with van der Waals surface area (Å²) in [6.45, 7) is 4.40. The molecule has 158 valence electrons. The average Bonchev–Trinajstić information content (AvgIpc) is 2.97. The lowest BCUT2D eigenvalue weighted by atomic mass is 10.2. The fraction of sp³-hybridized carbons (Fsp3) is 0.200. The van der Waals surface area contributed by atoms with Gasteiger partial charge in [0, 0.05) is 0 Å². The summed E-state index contributed by atoms with van der Waals surface area (Å²) >= 11 is 6.37. The third-order valence-electron chi connectivity index (χ3n) is 4.17. The predicted octanol–water partition coefficient (Wildman–Crippen LogP) is 3.74. The molecule has 0 atom stereocenters. The van der Waals surface area contributed by atoms with Crippen LogP contribution in [0.25, 0.3) is 0 Å². The van der Waals surface area contributed by atoms with Crippen LogP contribution in [-0.4, -0.2) is 31.0 Å². The zero-order valence-electron chi connectivity index (χ0n) is 16.3. The van der Waals surface area contributed by atoms with E-state index < -0.39 is 10.0 Å². The number of benzene rings is 2. The standard InChI is InChI=1S/C20H20ClFN4O3S/c1-3-29-17-8-10-18(11-9-17)30(27,28)25-23-12-19-14(2)24-26(20(19)21)13-15-4-6-16(22)7-5-15/h4-12,25H,3,13H2,1-2H3. The van der Waals surface area contributed by atoms with Crippen molar-refractivity contribution in [3.63, 3.8) is 0 Å². The van der Waals surface area contributed by atoms with Gasteiger partial charge < -0.3 is 4.74 Å². The first kappa shape index (κ1) is 21.8. The van der Waals surface area contributed by atoms with Crippen molar-refractivity contribution in [1.29, 1.82) is 0 Å². The Kier molecular flexibility index (Phi) is 6.73. The molecule has 1 N–H and O–H groups in total. The predicted molar refractivity (Wildman–Crippen MR) is 113 cm³/mol. The molecule has 0 unspecified atom stereocenters. The van der Waals surface area contributed by atoms with E-state index in [4.69, 9.17) is 16.3 Å². The first-order valence-corrected chi connectivity index (χ1v) is 10.9.